The minimum Gasteiger partial charge on any atom is -0.347 e. The van der Waals surface area contributed by atoms with Crippen molar-refractivity contribution in [3.05, 3.63) is 16.0 Å². The summed E-state index contributed by atoms with van der Waals surface area (Å²) in [6.45, 7) is 4.35. The number of aryl methyl sites for hydroxylation is 1. The molecule has 124 valence electrons. The van der Waals surface area contributed by atoms with Gasteiger partial charge >= 0.3 is 0 Å². The van der Waals surface area contributed by atoms with Gasteiger partial charge in [0.05, 0.1) is 11.6 Å². The molecule has 0 spiro atoms. The van der Waals surface area contributed by atoms with E-state index in [4.69, 9.17) is 0 Å². The maximum atomic E-state index is 12.7. The van der Waals surface area contributed by atoms with Crippen LogP contribution in [0.3, 0.4) is 0 Å². The molecule has 3 rings (SSSR count). The van der Waals surface area contributed by atoms with Gasteiger partial charge in [-0.05, 0) is 32.3 Å². The van der Waals surface area contributed by atoms with Crippen LogP contribution in [0.1, 0.15) is 40.1 Å². The van der Waals surface area contributed by atoms with Crippen molar-refractivity contribution >= 4 is 34.1 Å². The van der Waals surface area contributed by atoms with Crippen LogP contribution in [0, 0.1) is 19.8 Å². The van der Waals surface area contributed by atoms with Crippen LogP contribution >= 0.6 is 11.3 Å². The molecule has 23 heavy (non-hydrogen) atoms. The Bertz CT molecular complexity index is 678. The van der Waals surface area contributed by atoms with Crippen LogP contribution in [-0.4, -0.2) is 42.3 Å². The molecule has 0 radical (unpaired) electrons. The maximum Gasteiger partial charge on any atom is 0.254 e. The number of amides is 3. The lowest BCUT2D eigenvalue weighted by molar-refractivity contribution is -0.126. The van der Waals surface area contributed by atoms with Crippen LogP contribution in [-0.2, 0) is 9.59 Å². The summed E-state index contributed by atoms with van der Waals surface area (Å²) in [6.07, 6.45) is 2.18. The Morgan fingerprint density at radius 3 is 2.52 bits per heavy atom. The number of likely N-dealkylation sites (N-methyl/N-ethyl adjacent to an activating group) is 1. The normalized spacial score (nSPS) is 20.7. The number of nitrogens with zero attached hydrogens (tertiary/aromatic N) is 1. The lowest BCUT2D eigenvalue weighted by Gasteiger charge is -2.13. The number of hydrogen-bond donors (Lipinski definition) is 2. The number of thiophene rings is 1. The van der Waals surface area contributed by atoms with E-state index in [0.717, 1.165) is 23.3 Å². The van der Waals surface area contributed by atoms with Crippen molar-refractivity contribution in [2.24, 2.45) is 5.92 Å². The Labute approximate surface area is 139 Å². The third kappa shape index (κ3) is 3.24. The van der Waals surface area contributed by atoms with Crippen LogP contribution < -0.4 is 10.6 Å². The molecule has 0 unspecified atom stereocenters. The highest BCUT2D eigenvalue weighted by atomic mass is 32.1. The first-order chi connectivity index (χ1) is 10.9. The number of likely N-dealkylation sites (tertiary alicyclic amines) is 1. The average Bonchev–Trinajstić information content (AvgIpc) is 3.21. The van der Waals surface area contributed by atoms with Crippen LogP contribution in [0.25, 0.3) is 0 Å². The maximum absolute atomic E-state index is 12.7. The smallest absolute Gasteiger partial charge is 0.254 e. The second-order valence-electron chi connectivity index (χ2n) is 6.40. The van der Waals surface area contributed by atoms with Gasteiger partial charge in [-0.1, -0.05) is 0 Å². The van der Waals surface area contributed by atoms with Gasteiger partial charge in [-0.25, -0.2) is 0 Å². The largest absolute Gasteiger partial charge is 0.347 e. The quantitative estimate of drug-likeness (QED) is 0.878. The number of hydrogen-bond acceptors (Lipinski definition) is 4. The van der Waals surface area contributed by atoms with Crippen molar-refractivity contribution in [3.63, 3.8) is 0 Å². The molecule has 2 fully saturated rings. The highest BCUT2D eigenvalue weighted by Crippen LogP contribution is 2.35. The first kappa shape index (κ1) is 16.0. The van der Waals surface area contributed by atoms with Gasteiger partial charge in [-0.15, -0.1) is 11.3 Å². The molecule has 0 bridgehead atoms. The highest BCUT2D eigenvalue weighted by molar-refractivity contribution is 7.16. The Morgan fingerprint density at radius 2 is 1.96 bits per heavy atom. The van der Waals surface area contributed by atoms with Crippen molar-refractivity contribution in [2.75, 3.05) is 18.9 Å². The molecule has 1 saturated heterocycles. The summed E-state index contributed by atoms with van der Waals surface area (Å²) >= 11 is 1.43. The SMILES string of the molecule is Cc1sc(NC(=O)C2CC2)c(C(=O)N[C@H]2CC(=O)N(C)C2)c1C. The Kier molecular flexibility index (Phi) is 4.14. The molecule has 1 atom stereocenters. The van der Waals surface area contributed by atoms with Crippen molar-refractivity contribution in [1.82, 2.24) is 10.2 Å². The summed E-state index contributed by atoms with van der Waals surface area (Å²) in [4.78, 5) is 38.9. The summed E-state index contributed by atoms with van der Waals surface area (Å²) in [6, 6.07) is -0.174. The summed E-state index contributed by atoms with van der Waals surface area (Å²) in [5, 5.41) is 6.44. The van der Waals surface area contributed by atoms with Crippen molar-refractivity contribution in [1.29, 1.82) is 0 Å². The molecule has 3 amide bonds. The molecule has 2 aliphatic rings. The first-order valence-corrected chi connectivity index (χ1v) is 8.64. The molecule has 1 aliphatic heterocycles. The van der Waals surface area contributed by atoms with Crippen molar-refractivity contribution in [2.45, 2.75) is 39.2 Å². The van der Waals surface area contributed by atoms with E-state index < -0.39 is 0 Å². The second kappa shape index (κ2) is 5.96. The summed E-state index contributed by atoms with van der Waals surface area (Å²) in [5.74, 6) is -0.0902. The minimum atomic E-state index is -0.217. The molecule has 2 N–H and O–H groups in total. The zero-order valence-electron chi connectivity index (χ0n) is 13.6. The Hall–Kier alpha value is -1.89. The Balaban J connectivity index is 1.76. The zero-order valence-corrected chi connectivity index (χ0v) is 14.4. The topological polar surface area (TPSA) is 78.5 Å². The predicted molar refractivity (Wildman–Crippen MR) is 88.7 cm³/mol. The molecule has 7 heteroatoms. The van der Waals surface area contributed by atoms with Gasteiger partial charge in [0, 0.05) is 30.8 Å². The fourth-order valence-corrected chi connectivity index (χ4v) is 3.83. The van der Waals surface area contributed by atoms with Gasteiger partial charge in [0.25, 0.3) is 5.91 Å². The standard InChI is InChI=1S/C16H21N3O3S/c1-8-9(2)23-16(18-14(21)10-4-5-10)13(8)15(22)17-11-6-12(20)19(3)7-11/h10-11H,4-7H2,1-3H3,(H,17,22)(H,18,21)/t11-/m0/s1. The number of anilines is 1. The van der Waals surface area contributed by atoms with Crippen molar-refractivity contribution in [3.8, 4) is 0 Å². The third-order valence-electron chi connectivity index (χ3n) is 4.47. The number of rotatable bonds is 4. The van der Waals surface area contributed by atoms with E-state index in [9.17, 15) is 14.4 Å². The molecule has 6 nitrogen and oxygen atoms in total. The highest BCUT2D eigenvalue weighted by Gasteiger charge is 2.33. The van der Waals surface area contributed by atoms with Crippen molar-refractivity contribution < 1.29 is 14.4 Å². The lowest BCUT2D eigenvalue weighted by Crippen LogP contribution is -2.37. The molecule has 1 saturated carbocycles. The van der Waals surface area contributed by atoms with E-state index in [2.05, 4.69) is 10.6 Å². The van der Waals surface area contributed by atoms with Gasteiger partial charge in [0.1, 0.15) is 5.00 Å². The van der Waals surface area contributed by atoms with Crippen LogP contribution in [0.5, 0.6) is 0 Å². The van der Waals surface area contributed by atoms with E-state index in [0.29, 0.717) is 23.5 Å². The third-order valence-corrected chi connectivity index (χ3v) is 5.60. The van der Waals surface area contributed by atoms with Crippen LogP contribution in [0.2, 0.25) is 0 Å². The summed E-state index contributed by atoms with van der Waals surface area (Å²) < 4.78 is 0. The van der Waals surface area contributed by atoms with Crippen LogP contribution in [0.4, 0.5) is 5.00 Å². The molecular weight excluding hydrogens is 314 g/mol. The van der Waals surface area contributed by atoms with E-state index in [1.54, 1.807) is 11.9 Å². The van der Waals surface area contributed by atoms with E-state index in [1.807, 2.05) is 13.8 Å². The number of nitrogens with one attached hydrogen (secondary N) is 2. The summed E-state index contributed by atoms with van der Waals surface area (Å²) in [5.41, 5.74) is 1.42. The van der Waals surface area contributed by atoms with Gasteiger partial charge in [0.15, 0.2) is 0 Å². The van der Waals surface area contributed by atoms with Gasteiger partial charge < -0.3 is 15.5 Å². The fraction of sp³-hybridized carbons (Fsp3) is 0.562. The van der Waals surface area contributed by atoms with Gasteiger partial charge in [-0.2, -0.15) is 0 Å². The minimum absolute atomic E-state index is 0.00363. The average molecular weight is 335 g/mol. The molecule has 0 aromatic carbocycles. The van der Waals surface area contributed by atoms with Gasteiger partial charge in [-0.3, -0.25) is 14.4 Å². The van der Waals surface area contributed by atoms with E-state index in [-0.39, 0.29) is 29.7 Å². The lowest BCUT2D eigenvalue weighted by atomic mass is 10.1. The first-order valence-electron chi connectivity index (χ1n) is 7.82. The summed E-state index contributed by atoms with van der Waals surface area (Å²) in [7, 11) is 1.73. The molecule has 2 heterocycles. The number of carbonyl (C=O) groups excluding carboxylic acids is 3. The second-order valence-corrected chi connectivity index (χ2v) is 7.62. The number of carbonyl (C=O) groups is 3. The fourth-order valence-electron chi connectivity index (χ4n) is 2.77. The van der Waals surface area contributed by atoms with Crippen LogP contribution in [0.15, 0.2) is 0 Å². The predicted octanol–water partition coefficient (Wildman–Crippen LogP) is 1.67. The molecule has 1 aromatic rings. The molecule has 1 aliphatic carbocycles. The monoisotopic (exact) mass is 335 g/mol. The van der Waals surface area contributed by atoms with Gasteiger partial charge in [0.2, 0.25) is 11.8 Å². The zero-order chi connectivity index (χ0) is 16.7. The Morgan fingerprint density at radius 1 is 1.26 bits per heavy atom. The van der Waals surface area contributed by atoms with E-state index >= 15 is 0 Å². The molecule has 1 aromatic heterocycles. The molecular formula is C16H21N3O3S. The van der Waals surface area contributed by atoms with E-state index in [1.165, 1.54) is 11.3 Å².